The second-order valence-corrected chi connectivity index (χ2v) is 8.18. The lowest BCUT2D eigenvalue weighted by molar-refractivity contribution is -0.00755. The Morgan fingerprint density at radius 3 is 2.46 bits per heavy atom. The summed E-state index contributed by atoms with van der Waals surface area (Å²) >= 11 is 0. The first kappa shape index (κ1) is 19.0. The Kier molecular flexibility index (Phi) is 5.42. The molecule has 2 aliphatic heterocycles. The van der Waals surface area contributed by atoms with Crippen LogP contribution in [-0.2, 0) is 16.1 Å². The highest BCUT2D eigenvalue weighted by Crippen LogP contribution is 2.38. The highest BCUT2D eigenvalue weighted by atomic mass is 19.1. The van der Waals surface area contributed by atoms with Gasteiger partial charge in [0, 0.05) is 32.0 Å². The highest BCUT2D eigenvalue weighted by Gasteiger charge is 2.45. The SMILES string of the molecule is COCc1ccc(F)c(O[C@H]2C[C@H]3CC[C@@H](C2)N3C(=O)OC(C)(C)C)c1. The number of carbonyl (C=O) groups is 1. The molecule has 3 atom stereocenters. The van der Waals surface area contributed by atoms with Gasteiger partial charge in [-0.2, -0.15) is 0 Å². The average molecular weight is 365 g/mol. The predicted molar refractivity (Wildman–Crippen MR) is 95.6 cm³/mol. The van der Waals surface area contributed by atoms with Crippen molar-refractivity contribution in [3.63, 3.8) is 0 Å². The van der Waals surface area contributed by atoms with E-state index < -0.39 is 5.60 Å². The van der Waals surface area contributed by atoms with Crippen LogP contribution in [0.15, 0.2) is 18.2 Å². The van der Waals surface area contributed by atoms with E-state index in [0.29, 0.717) is 19.4 Å². The van der Waals surface area contributed by atoms with Gasteiger partial charge in [-0.25, -0.2) is 9.18 Å². The summed E-state index contributed by atoms with van der Waals surface area (Å²) in [5.74, 6) is -0.110. The number of rotatable bonds is 4. The molecule has 0 radical (unpaired) electrons. The van der Waals surface area contributed by atoms with E-state index >= 15 is 0 Å². The Balaban J connectivity index is 1.66. The number of amides is 1. The first-order chi connectivity index (χ1) is 12.3. The molecule has 2 aliphatic rings. The Morgan fingerprint density at radius 2 is 1.88 bits per heavy atom. The standard InChI is InChI=1S/C20H28FNO4/c1-20(2,3)26-19(23)22-14-6-7-15(22)11-16(10-14)25-18-9-13(12-24-4)5-8-17(18)21/h5,8-9,14-16H,6-7,10-12H2,1-4H3/t14-,15+,16+. The summed E-state index contributed by atoms with van der Waals surface area (Å²) in [5, 5.41) is 0. The molecule has 26 heavy (non-hydrogen) atoms. The third-order valence-electron chi connectivity index (χ3n) is 4.89. The first-order valence-corrected chi connectivity index (χ1v) is 9.22. The van der Waals surface area contributed by atoms with Gasteiger partial charge in [-0.3, -0.25) is 0 Å². The predicted octanol–water partition coefficient (Wildman–Crippen LogP) is 4.28. The number of hydrogen-bond donors (Lipinski definition) is 0. The van der Waals surface area contributed by atoms with E-state index in [1.165, 1.54) is 6.07 Å². The lowest BCUT2D eigenvalue weighted by Crippen LogP contribution is -2.50. The molecule has 5 nitrogen and oxygen atoms in total. The fourth-order valence-electron chi connectivity index (χ4n) is 3.91. The van der Waals surface area contributed by atoms with Crippen LogP contribution in [-0.4, -0.2) is 41.9 Å². The van der Waals surface area contributed by atoms with E-state index in [1.807, 2.05) is 25.7 Å². The van der Waals surface area contributed by atoms with Crippen molar-refractivity contribution in [2.24, 2.45) is 0 Å². The Labute approximate surface area is 154 Å². The van der Waals surface area contributed by atoms with E-state index in [1.54, 1.807) is 19.2 Å². The molecular formula is C20H28FNO4. The summed E-state index contributed by atoms with van der Waals surface area (Å²) in [4.78, 5) is 14.4. The van der Waals surface area contributed by atoms with Crippen LogP contribution in [0.1, 0.15) is 52.0 Å². The van der Waals surface area contributed by atoms with E-state index in [-0.39, 0.29) is 35.8 Å². The zero-order chi connectivity index (χ0) is 18.9. The van der Waals surface area contributed by atoms with Crippen LogP contribution in [0.4, 0.5) is 9.18 Å². The van der Waals surface area contributed by atoms with Crippen LogP contribution in [0.2, 0.25) is 0 Å². The van der Waals surface area contributed by atoms with Gasteiger partial charge in [-0.15, -0.1) is 0 Å². The van der Waals surface area contributed by atoms with Gasteiger partial charge in [-0.05, 0) is 51.3 Å². The van der Waals surface area contributed by atoms with Crippen molar-refractivity contribution in [3.05, 3.63) is 29.6 Å². The van der Waals surface area contributed by atoms with Gasteiger partial charge >= 0.3 is 6.09 Å². The molecule has 2 bridgehead atoms. The highest BCUT2D eigenvalue weighted by molar-refractivity contribution is 5.69. The average Bonchev–Trinajstić information content (AvgIpc) is 2.81. The fourth-order valence-corrected chi connectivity index (χ4v) is 3.91. The third kappa shape index (κ3) is 4.29. The lowest BCUT2D eigenvalue weighted by atomic mass is 10.00. The summed E-state index contributed by atoms with van der Waals surface area (Å²) in [6, 6.07) is 4.99. The maximum atomic E-state index is 14.1. The molecule has 2 saturated heterocycles. The molecular weight excluding hydrogens is 337 g/mol. The normalized spacial score (nSPS) is 25.3. The number of methoxy groups -OCH3 is 1. The third-order valence-corrected chi connectivity index (χ3v) is 4.89. The number of hydrogen-bond acceptors (Lipinski definition) is 4. The summed E-state index contributed by atoms with van der Waals surface area (Å²) in [7, 11) is 1.61. The maximum Gasteiger partial charge on any atom is 0.410 e. The van der Waals surface area contributed by atoms with Gasteiger partial charge in [0.15, 0.2) is 11.6 Å². The lowest BCUT2D eigenvalue weighted by Gasteiger charge is -2.39. The largest absolute Gasteiger partial charge is 0.487 e. The molecule has 1 aromatic rings. The molecule has 2 fully saturated rings. The summed E-state index contributed by atoms with van der Waals surface area (Å²) in [6.45, 7) is 6.04. The van der Waals surface area contributed by atoms with Gasteiger partial charge < -0.3 is 19.1 Å². The van der Waals surface area contributed by atoms with Gasteiger partial charge in [0.1, 0.15) is 11.7 Å². The molecule has 2 heterocycles. The van der Waals surface area contributed by atoms with Crippen LogP contribution in [0.25, 0.3) is 0 Å². The van der Waals surface area contributed by atoms with E-state index in [4.69, 9.17) is 14.2 Å². The van der Waals surface area contributed by atoms with Gasteiger partial charge in [0.2, 0.25) is 0 Å². The van der Waals surface area contributed by atoms with Crippen LogP contribution >= 0.6 is 0 Å². The number of piperidine rings is 1. The second kappa shape index (κ2) is 7.43. The zero-order valence-electron chi connectivity index (χ0n) is 16.0. The summed E-state index contributed by atoms with van der Waals surface area (Å²) in [6.07, 6.45) is 2.93. The molecule has 0 unspecified atom stereocenters. The maximum absolute atomic E-state index is 14.1. The van der Waals surface area contributed by atoms with Crippen molar-refractivity contribution in [1.82, 2.24) is 4.90 Å². The fraction of sp³-hybridized carbons (Fsp3) is 0.650. The molecule has 144 valence electrons. The Bertz CT molecular complexity index is 644. The molecule has 0 aliphatic carbocycles. The van der Waals surface area contributed by atoms with Crippen molar-refractivity contribution in [2.75, 3.05) is 7.11 Å². The molecule has 3 rings (SSSR count). The van der Waals surface area contributed by atoms with Crippen LogP contribution in [0.5, 0.6) is 5.75 Å². The minimum absolute atomic E-state index is 0.0961. The van der Waals surface area contributed by atoms with Gasteiger partial charge in [0.25, 0.3) is 0 Å². The smallest absolute Gasteiger partial charge is 0.410 e. The molecule has 1 amide bonds. The molecule has 0 aromatic heterocycles. The number of ether oxygens (including phenoxy) is 3. The molecule has 0 spiro atoms. The molecule has 0 N–H and O–H groups in total. The first-order valence-electron chi connectivity index (χ1n) is 9.22. The Hall–Kier alpha value is -1.82. The van der Waals surface area contributed by atoms with Crippen LogP contribution in [0, 0.1) is 5.82 Å². The van der Waals surface area contributed by atoms with Crippen molar-refractivity contribution < 1.29 is 23.4 Å². The molecule has 0 saturated carbocycles. The summed E-state index contributed by atoms with van der Waals surface area (Å²) < 4.78 is 30.7. The quantitative estimate of drug-likeness (QED) is 0.799. The van der Waals surface area contributed by atoms with Crippen molar-refractivity contribution in [2.45, 2.75) is 76.9 Å². The number of carbonyl (C=O) groups excluding carboxylic acids is 1. The molecule has 1 aromatic carbocycles. The van der Waals surface area contributed by atoms with E-state index in [9.17, 15) is 9.18 Å². The van der Waals surface area contributed by atoms with Crippen molar-refractivity contribution in [3.8, 4) is 5.75 Å². The van der Waals surface area contributed by atoms with Crippen LogP contribution < -0.4 is 4.74 Å². The number of fused-ring (bicyclic) bond motifs is 2. The number of halogens is 1. The minimum Gasteiger partial charge on any atom is -0.487 e. The summed E-state index contributed by atoms with van der Waals surface area (Å²) in [5.41, 5.74) is 0.368. The van der Waals surface area contributed by atoms with Gasteiger partial charge in [-0.1, -0.05) is 6.07 Å². The number of nitrogens with zero attached hydrogens (tertiary/aromatic N) is 1. The topological polar surface area (TPSA) is 48.0 Å². The second-order valence-electron chi connectivity index (χ2n) is 8.18. The number of benzene rings is 1. The van der Waals surface area contributed by atoms with Crippen molar-refractivity contribution >= 4 is 6.09 Å². The molecule has 6 heteroatoms. The van der Waals surface area contributed by atoms with E-state index in [2.05, 4.69) is 0 Å². The zero-order valence-corrected chi connectivity index (χ0v) is 16.0. The monoisotopic (exact) mass is 365 g/mol. The Morgan fingerprint density at radius 1 is 1.23 bits per heavy atom. The van der Waals surface area contributed by atoms with E-state index in [0.717, 1.165) is 18.4 Å². The van der Waals surface area contributed by atoms with Crippen LogP contribution in [0.3, 0.4) is 0 Å². The van der Waals surface area contributed by atoms with Crippen molar-refractivity contribution in [1.29, 1.82) is 0 Å². The van der Waals surface area contributed by atoms with Gasteiger partial charge in [0.05, 0.1) is 6.61 Å². The minimum atomic E-state index is -0.505.